The van der Waals surface area contributed by atoms with Crippen molar-refractivity contribution < 1.29 is 10.1 Å². The third-order valence-corrected chi connectivity index (χ3v) is 4.29. The fourth-order valence-electron chi connectivity index (χ4n) is 1.96. The van der Waals surface area contributed by atoms with Crippen LogP contribution >= 0.6 is 11.8 Å². The first-order chi connectivity index (χ1) is 11.1. The first-order valence-electron chi connectivity index (χ1n) is 6.88. The van der Waals surface area contributed by atoms with E-state index in [2.05, 4.69) is 25.1 Å². The van der Waals surface area contributed by atoms with Gasteiger partial charge in [0, 0.05) is 23.2 Å². The lowest BCUT2D eigenvalue weighted by molar-refractivity contribution is -0.507. The van der Waals surface area contributed by atoms with Gasteiger partial charge in [-0.1, -0.05) is 23.8 Å². The van der Waals surface area contributed by atoms with Gasteiger partial charge >= 0.3 is 0 Å². The molecule has 23 heavy (non-hydrogen) atoms. The average Bonchev–Trinajstić information content (AvgIpc) is 3.03. The molecule has 122 valence electrons. The Kier molecular flexibility index (Phi) is 5.63. The molecule has 2 heterocycles. The molecule has 0 saturated heterocycles. The zero-order valence-electron chi connectivity index (χ0n) is 12.6. The highest BCUT2D eigenvalue weighted by Crippen LogP contribution is 2.22. The highest BCUT2D eigenvalue weighted by atomic mass is 32.2. The number of nitro groups is 1. The van der Waals surface area contributed by atoms with Crippen LogP contribution in [0.4, 0.5) is 0 Å². The second kappa shape index (κ2) is 7.68. The number of aromatic nitrogens is 4. The molecule has 0 radical (unpaired) electrons. The van der Waals surface area contributed by atoms with Gasteiger partial charge in [0.25, 0.3) is 0 Å². The second-order valence-corrected chi connectivity index (χ2v) is 5.66. The Hall–Kier alpha value is -2.49. The number of rotatable bonds is 7. The van der Waals surface area contributed by atoms with Crippen LogP contribution in [0.1, 0.15) is 20.3 Å². The Morgan fingerprint density at radius 2 is 2.35 bits per heavy atom. The maximum absolute atomic E-state index is 10.9. The van der Waals surface area contributed by atoms with Crippen LogP contribution in [0.2, 0.25) is 0 Å². The Bertz CT molecular complexity index is 757. The lowest BCUT2D eigenvalue weighted by Gasteiger charge is -2.07. The summed E-state index contributed by atoms with van der Waals surface area (Å²) in [7, 11) is 0. The quantitative estimate of drug-likeness (QED) is 0.198. The molecule has 9 nitrogen and oxygen atoms in total. The number of hydrogen-bond acceptors (Lipinski definition) is 8. The van der Waals surface area contributed by atoms with Crippen molar-refractivity contribution in [2.45, 2.75) is 31.3 Å². The number of thioether (sulfide) groups is 1. The smallest absolute Gasteiger partial charge is 0.231 e. The summed E-state index contributed by atoms with van der Waals surface area (Å²) in [6.45, 7) is 3.33. The number of imidazole rings is 1. The molecule has 0 saturated carbocycles. The molecule has 10 heteroatoms. The highest BCUT2D eigenvalue weighted by Gasteiger charge is 2.18. The van der Waals surface area contributed by atoms with E-state index in [-0.39, 0.29) is 4.92 Å². The Morgan fingerprint density at radius 1 is 1.57 bits per heavy atom. The average molecular weight is 336 g/mol. The minimum absolute atomic E-state index is 0.309. The fourth-order valence-corrected chi connectivity index (χ4v) is 2.79. The summed E-state index contributed by atoms with van der Waals surface area (Å²) < 4.78 is 0. The van der Waals surface area contributed by atoms with E-state index in [4.69, 9.17) is 5.21 Å². The van der Waals surface area contributed by atoms with E-state index in [0.29, 0.717) is 39.6 Å². The van der Waals surface area contributed by atoms with Gasteiger partial charge < -0.3 is 10.2 Å². The zero-order chi connectivity index (χ0) is 16.8. The van der Waals surface area contributed by atoms with E-state index in [0.717, 1.165) is 0 Å². The predicted octanol–water partition coefficient (Wildman–Crippen LogP) is 2.28. The van der Waals surface area contributed by atoms with Crippen LogP contribution in [0, 0.1) is 10.1 Å². The summed E-state index contributed by atoms with van der Waals surface area (Å²) >= 11 is 1.32. The van der Waals surface area contributed by atoms with Gasteiger partial charge in [-0.05, 0) is 12.5 Å². The summed E-state index contributed by atoms with van der Waals surface area (Å²) in [5, 5.41) is 23.9. The number of hydrogen-bond donors (Lipinski definition) is 2. The standard InChI is InChI=1S/C13H16N6O3S/c1-3-9(8(2)19(21)22)4-10(18-20)5-23-13-11-12(15-6-14-11)16-7-17-13/h4,6-8,20H,3,5H2,1-2H3,(H,14,15,16,17)/b9-4+,18-10+. The van der Waals surface area contributed by atoms with Crippen molar-refractivity contribution in [3.63, 3.8) is 0 Å². The topological polar surface area (TPSA) is 130 Å². The number of nitrogens with zero attached hydrogens (tertiary/aromatic N) is 5. The minimum Gasteiger partial charge on any atom is -0.411 e. The molecule has 2 N–H and O–H groups in total. The molecule has 0 aliphatic heterocycles. The van der Waals surface area contributed by atoms with E-state index in [1.807, 2.05) is 6.92 Å². The summed E-state index contributed by atoms with van der Waals surface area (Å²) in [5.74, 6) is 0.309. The van der Waals surface area contributed by atoms with Gasteiger partial charge in [0.2, 0.25) is 6.04 Å². The number of H-pyrrole nitrogens is 1. The number of fused-ring (bicyclic) bond motifs is 1. The maximum Gasteiger partial charge on any atom is 0.231 e. The monoisotopic (exact) mass is 336 g/mol. The first-order valence-corrected chi connectivity index (χ1v) is 7.87. The molecule has 2 rings (SSSR count). The lowest BCUT2D eigenvalue weighted by Crippen LogP contribution is -2.18. The van der Waals surface area contributed by atoms with Gasteiger partial charge in [-0.3, -0.25) is 10.1 Å². The molecule has 0 spiro atoms. The van der Waals surface area contributed by atoms with E-state index in [1.165, 1.54) is 31.3 Å². The van der Waals surface area contributed by atoms with E-state index < -0.39 is 6.04 Å². The molecule has 0 aliphatic carbocycles. The second-order valence-electron chi connectivity index (χ2n) is 4.69. The molecular formula is C13H16N6O3S. The van der Waals surface area contributed by atoms with Crippen molar-refractivity contribution in [1.82, 2.24) is 19.9 Å². The first kappa shape index (κ1) is 16.9. The molecule has 0 fully saturated rings. The van der Waals surface area contributed by atoms with Gasteiger partial charge in [-0.25, -0.2) is 15.0 Å². The number of nitrogens with one attached hydrogen (secondary N) is 1. The predicted molar refractivity (Wildman–Crippen MR) is 86.5 cm³/mol. The van der Waals surface area contributed by atoms with Gasteiger partial charge in [0.1, 0.15) is 16.9 Å². The molecule has 0 bridgehead atoms. The van der Waals surface area contributed by atoms with Gasteiger partial charge in [-0.2, -0.15) is 0 Å². The van der Waals surface area contributed by atoms with Crippen LogP contribution in [0.3, 0.4) is 0 Å². The normalized spacial score (nSPS) is 14.2. The Balaban J connectivity index is 2.14. The highest BCUT2D eigenvalue weighted by molar-refractivity contribution is 8.00. The van der Waals surface area contributed by atoms with Gasteiger partial charge in [0.05, 0.1) is 12.0 Å². The number of aromatic amines is 1. The summed E-state index contributed by atoms with van der Waals surface area (Å²) in [6.07, 6.45) is 5.01. The van der Waals surface area contributed by atoms with Crippen molar-refractivity contribution in [2.24, 2.45) is 5.16 Å². The molecule has 0 aromatic carbocycles. The SMILES string of the molecule is CC/C(=C\C(CSc1ncnc2[nH]cnc12)=N/O)C(C)[N+](=O)[O-]. The van der Waals surface area contributed by atoms with E-state index >= 15 is 0 Å². The molecule has 2 aromatic heterocycles. The van der Waals surface area contributed by atoms with Crippen molar-refractivity contribution in [2.75, 3.05) is 5.75 Å². The van der Waals surface area contributed by atoms with E-state index in [1.54, 1.807) is 6.08 Å². The van der Waals surface area contributed by atoms with Crippen LogP contribution in [0.5, 0.6) is 0 Å². The molecule has 1 unspecified atom stereocenters. The molecular weight excluding hydrogens is 320 g/mol. The molecule has 0 aliphatic rings. The van der Waals surface area contributed by atoms with Gasteiger partial charge in [-0.15, -0.1) is 0 Å². The van der Waals surface area contributed by atoms with Crippen molar-refractivity contribution >= 4 is 28.6 Å². The Labute approximate surface area is 136 Å². The van der Waals surface area contributed by atoms with Crippen molar-refractivity contribution in [1.29, 1.82) is 0 Å². The number of allylic oxidation sites excluding steroid dienone is 1. The Morgan fingerprint density at radius 3 is 3.00 bits per heavy atom. The van der Waals surface area contributed by atoms with Crippen molar-refractivity contribution in [3.8, 4) is 0 Å². The summed E-state index contributed by atoms with van der Waals surface area (Å²) in [5.41, 5.74) is 2.18. The van der Waals surface area contributed by atoms with Crippen LogP contribution in [-0.2, 0) is 0 Å². The summed E-state index contributed by atoms with van der Waals surface area (Å²) in [6, 6.07) is -0.821. The molecule has 2 aromatic rings. The fraction of sp³-hybridized carbons (Fsp3) is 0.385. The lowest BCUT2D eigenvalue weighted by atomic mass is 10.1. The summed E-state index contributed by atoms with van der Waals surface area (Å²) in [4.78, 5) is 25.8. The number of oxime groups is 1. The third kappa shape index (κ3) is 4.03. The molecule has 1 atom stereocenters. The van der Waals surface area contributed by atoms with Crippen LogP contribution in [0.15, 0.2) is 34.5 Å². The van der Waals surface area contributed by atoms with Crippen molar-refractivity contribution in [3.05, 3.63) is 34.4 Å². The largest absolute Gasteiger partial charge is 0.411 e. The molecule has 0 amide bonds. The van der Waals surface area contributed by atoms with Gasteiger partial charge in [0.15, 0.2) is 5.65 Å². The zero-order valence-corrected chi connectivity index (χ0v) is 13.4. The van der Waals surface area contributed by atoms with E-state index in [9.17, 15) is 10.1 Å². The van der Waals surface area contributed by atoms with Crippen LogP contribution in [0.25, 0.3) is 11.2 Å². The van der Waals surface area contributed by atoms with Crippen LogP contribution < -0.4 is 0 Å². The maximum atomic E-state index is 10.9. The van der Waals surface area contributed by atoms with Crippen LogP contribution in [-0.4, -0.2) is 47.6 Å². The third-order valence-electron chi connectivity index (χ3n) is 3.28. The minimum atomic E-state index is -0.821.